The minimum absolute atomic E-state index is 0.0729. The Bertz CT molecular complexity index is 247. The summed E-state index contributed by atoms with van der Waals surface area (Å²) in [5, 5.41) is 20.2. The van der Waals surface area contributed by atoms with Crippen molar-refractivity contribution in [3.63, 3.8) is 0 Å². The number of aliphatic hydroxyl groups is 1. The zero-order chi connectivity index (χ0) is 11.1. The van der Waals surface area contributed by atoms with Crippen LogP contribution in [0.1, 0.15) is 32.1 Å². The van der Waals surface area contributed by atoms with E-state index in [1.807, 2.05) is 6.07 Å². The number of amides is 1. The van der Waals surface area contributed by atoms with Crippen LogP contribution in [0.4, 0.5) is 0 Å². The summed E-state index contributed by atoms with van der Waals surface area (Å²) in [7, 11) is 0. The second-order valence-electron chi connectivity index (χ2n) is 4.13. The molecular weight excluding hydrogens is 192 g/mol. The number of nitrogens with zero attached hydrogens (tertiary/aromatic N) is 1. The number of hydrogen-bond donors (Lipinski definition) is 2. The summed E-state index contributed by atoms with van der Waals surface area (Å²) in [6.45, 7) is 0.810. The molecule has 0 heterocycles. The number of aliphatic hydroxyl groups excluding tert-OH is 1. The molecular formula is C11H18N2O2. The Morgan fingerprint density at radius 1 is 1.40 bits per heavy atom. The second-order valence-corrected chi connectivity index (χ2v) is 4.13. The third kappa shape index (κ3) is 3.88. The van der Waals surface area contributed by atoms with Gasteiger partial charge in [-0.15, -0.1) is 0 Å². The summed E-state index contributed by atoms with van der Waals surface area (Å²) in [6, 6.07) is 1.82. The largest absolute Gasteiger partial charge is 0.396 e. The van der Waals surface area contributed by atoms with Gasteiger partial charge in [-0.1, -0.05) is 12.8 Å². The zero-order valence-corrected chi connectivity index (χ0v) is 8.91. The van der Waals surface area contributed by atoms with Crippen molar-refractivity contribution >= 4 is 5.91 Å². The second kappa shape index (κ2) is 6.41. The topological polar surface area (TPSA) is 73.1 Å². The Kier molecular flexibility index (Phi) is 5.13. The summed E-state index contributed by atoms with van der Waals surface area (Å²) >= 11 is 0. The molecule has 1 aliphatic rings. The lowest BCUT2D eigenvalue weighted by atomic mass is 9.79. The summed E-state index contributed by atoms with van der Waals surface area (Å²) < 4.78 is 0. The van der Waals surface area contributed by atoms with Crippen molar-refractivity contribution in [1.82, 2.24) is 5.32 Å². The van der Waals surface area contributed by atoms with Gasteiger partial charge in [-0.3, -0.25) is 4.79 Å². The highest BCUT2D eigenvalue weighted by Crippen LogP contribution is 2.28. The molecule has 1 aliphatic carbocycles. The molecule has 1 fully saturated rings. The molecule has 84 valence electrons. The van der Waals surface area contributed by atoms with Crippen molar-refractivity contribution in [2.24, 2.45) is 11.8 Å². The Balaban J connectivity index is 2.29. The van der Waals surface area contributed by atoms with Crippen LogP contribution in [-0.2, 0) is 4.79 Å². The van der Waals surface area contributed by atoms with Gasteiger partial charge in [0.25, 0.3) is 0 Å². The van der Waals surface area contributed by atoms with Gasteiger partial charge in [0.2, 0.25) is 5.91 Å². The van der Waals surface area contributed by atoms with Crippen LogP contribution >= 0.6 is 0 Å². The maximum Gasteiger partial charge on any atom is 0.234 e. The lowest BCUT2D eigenvalue weighted by Crippen LogP contribution is -2.35. The first-order valence-electron chi connectivity index (χ1n) is 5.52. The summed E-state index contributed by atoms with van der Waals surface area (Å²) in [5.41, 5.74) is 0. The van der Waals surface area contributed by atoms with E-state index in [9.17, 15) is 4.79 Å². The van der Waals surface area contributed by atoms with Crippen molar-refractivity contribution in [3.8, 4) is 6.07 Å². The molecule has 15 heavy (non-hydrogen) atoms. The fourth-order valence-electron chi connectivity index (χ4n) is 2.17. The van der Waals surface area contributed by atoms with Gasteiger partial charge in [-0.05, 0) is 24.7 Å². The summed E-state index contributed by atoms with van der Waals surface area (Å²) in [4.78, 5) is 11.1. The Labute approximate surface area is 90.3 Å². The lowest BCUT2D eigenvalue weighted by molar-refractivity contribution is -0.120. The number of nitriles is 1. The molecule has 0 aromatic carbocycles. The van der Waals surface area contributed by atoms with Crippen molar-refractivity contribution in [3.05, 3.63) is 0 Å². The van der Waals surface area contributed by atoms with Crippen LogP contribution in [0, 0.1) is 23.2 Å². The quantitative estimate of drug-likeness (QED) is 0.721. The van der Waals surface area contributed by atoms with E-state index in [0.29, 0.717) is 18.4 Å². The predicted molar refractivity (Wildman–Crippen MR) is 55.8 cm³/mol. The monoisotopic (exact) mass is 210 g/mol. The van der Waals surface area contributed by atoms with Gasteiger partial charge in [0.05, 0.1) is 6.07 Å². The molecule has 4 heteroatoms. The van der Waals surface area contributed by atoms with E-state index in [0.717, 1.165) is 12.8 Å². The fourth-order valence-corrected chi connectivity index (χ4v) is 2.17. The molecule has 0 saturated heterocycles. The molecule has 1 amide bonds. The van der Waals surface area contributed by atoms with Gasteiger partial charge in [0.15, 0.2) is 0 Å². The maximum absolute atomic E-state index is 11.1. The highest BCUT2D eigenvalue weighted by atomic mass is 16.3. The fraction of sp³-hybridized carbons (Fsp3) is 0.818. The molecule has 0 radical (unpaired) electrons. The van der Waals surface area contributed by atoms with Crippen LogP contribution in [0.3, 0.4) is 0 Å². The SMILES string of the molecule is N#CCC(=O)NCC1CCCCC1CO. The average Bonchev–Trinajstić information content (AvgIpc) is 2.27. The predicted octanol–water partition coefficient (Wildman–Crippen LogP) is 0.815. The highest BCUT2D eigenvalue weighted by Gasteiger charge is 2.24. The first-order valence-corrected chi connectivity index (χ1v) is 5.52. The van der Waals surface area contributed by atoms with Crippen LogP contribution in [0.25, 0.3) is 0 Å². The normalized spacial score (nSPS) is 25.6. The Hall–Kier alpha value is -1.08. The zero-order valence-electron chi connectivity index (χ0n) is 8.91. The third-order valence-corrected chi connectivity index (χ3v) is 3.10. The molecule has 1 saturated carbocycles. The van der Waals surface area contributed by atoms with Crippen molar-refractivity contribution in [2.75, 3.05) is 13.2 Å². The lowest BCUT2D eigenvalue weighted by Gasteiger charge is -2.30. The maximum atomic E-state index is 11.1. The summed E-state index contributed by atoms with van der Waals surface area (Å²) in [5.74, 6) is 0.493. The van der Waals surface area contributed by atoms with Gasteiger partial charge in [0.1, 0.15) is 6.42 Å². The van der Waals surface area contributed by atoms with Crippen LogP contribution in [-0.4, -0.2) is 24.2 Å². The van der Waals surface area contributed by atoms with E-state index in [1.165, 1.54) is 12.8 Å². The van der Waals surface area contributed by atoms with Crippen LogP contribution in [0.2, 0.25) is 0 Å². The van der Waals surface area contributed by atoms with E-state index >= 15 is 0 Å². The van der Waals surface area contributed by atoms with E-state index < -0.39 is 0 Å². The van der Waals surface area contributed by atoms with Crippen molar-refractivity contribution < 1.29 is 9.90 Å². The molecule has 0 spiro atoms. The van der Waals surface area contributed by atoms with Crippen LogP contribution in [0.5, 0.6) is 0 Å². The molecule has 1 rings (SSSR count). The van der Waals surface area contributed by atoms with Crippen molar-refractivity contribution in [1.29, 1.82) is 5.26 Å². The number of nitrogens with one attached hydrogen (secondary N) is 1. The molecule has 0 aromatic heterocycles. The average molecular weight is 210 g/mol. The molecule has 0 bridgehead atoms. The molecule has 2 N–H and O–H groups in total. The third-order valence-electron chi connectivity index (χ3n) is 3.10. The molecule has 0 aliphatic heterocycles. The van der Waals surface area contributed by atoms with E-state index in [-0.39, 0.29) is 18.9 Å². The molecule has 4 nitrogen and oxygen atoms in total. The number of rotatable bonds is 4. The van der Waals surface area contributed by atoms with E-state index in [4.69, 9.17) is 10.4 Å². The van der Waals surface area contributed by atoms with E-state index in [2.05, 4.69) is 5.32 Å². The van der Waals surface area contributed by atoms with Gasteiger partial charge in [-0.25, -0.2) is 0 Å². The Morgan fingerprint density at radius 2 is 2.07 bits per heavy atom. The van der Waals surface area contributed by atoms with Gasteiger partial charge in [0, 0.05) is 13.2 Å². The molecule has 2 atom stereocenters. The molecule has 2 unspecified atom stereocenters. The number of carbonyl (C=O) groups excluding carboxylic acids is 1. The smallest absolute Gasteiger partial charge is 0.234 e. The number of carbonyl (C=O) groups is 1. The first kappa shape index (κ1) is 12.0. The standard InChI is InChI=1S/C11H18N2O2/c12-6-5-11(15)13-7-9-3-1-2-4-10(9)8-14/h9-10,14H,1-5,7-8H2,(H,13,15). The summed E-state index contributed by atoms with van der Waals surface area (Å²) in [6.07, 6.45) is 4.40. The first-order chi connectivity index (χ1) is 7.27. The van der Waals surface area contributed by atoms with Gasteiger partial charge < -0.3 is 10.4 Å². The highest BCUT2D eigenvalue weighted by molar-refractivity contribution is 5.77. The minimum atomic E-state index is -0.209. The van der Waals surface area contributed by atoms with Crippen LogP contribution < -0.4 is 5.32 Å². The molecule has 0 aromatic rings. The Morgan fingerprint density at radius 3 is 2.67 bits per heavy atom. The van der Waals surface area contributed by atoms with Crippen molar-refractivity contribution in [2.45, 2.75) is 32.1 Å². The van der Waals surface area contributed by atoms with Crippen LogP contribution in [0.15, 0.2) is 0 Å². The van der Waals surface area contributed by atoms with E-state index in [1.54, 1.807) is 0 Å². The van der Waals surface area contributed by atoms with Gasteiger partial charge in [-0.2, -0.15) is 5.26 Å². The van der Waals surface area contributed by atoms with Gasteiger partial charge >= 0.3 is 0 Å². The number of hydrogen-bond acceptors (Lipinski definition) is 3. The minimum Gasteiger partial charge on any atom is -0.396 e.